The van der Waals surface area contributed by atoms with Crippen molar-refractivity contribution in [1.29, 1.82) is 5.26 Å². The van der Waals surface area contributed by atoms with Crippen LogP contribution in [0.5, 0.6) is 0 Å². The van der Waals surface area contributed by atoms with E-state index in [2.05, 4.69) is 6.07 Å². The van der Waals surface area contributed by atoms with Gasteiger partial charge in [0.2, 0.25) is 0 Å². The van der Waals surface area contributed by atoms with Crippen molar-refractivity contribution in [2.45, 2.75) is 12.3 Å². The summed E-state index contributed by atoms with van der Waals surface area (Å²) in [5.74, 6) is 0. The smallest absolute Gasteiger partial charge is 0.258 e. The van der Waals surface area contributed by atoms with Gasteiger partial charge in [-0.05, 0) is 18.1 Å². The van der Waals surface area contributed by atoms with Gasteiger partial charge in [0.1, 0.15) is 5.41 Å². The standard InChI is InChI=1S/C15H12N2O2/c1-15(11-16,12-5-3-2-4-6-12)13-7-9-14(10-8-13)17(18)19/h2-10H,1H3/t15-/m1/s1. The third-order valence-electron chi connectivity index (χ3n) is 3.23. The normalized spacial score (nSPS) is 13.3. The van der Waals surface area contributed by atoms with Crippen LogP contribution in [0.25, 0.3) is 0 Å². The van der Waals surface area contributed by atoms with E-state index >= 15 is 0 Å². The second-order valence-electron chi connectivity index (χ2n) is 4.41. The van der Waals surface area contributed by atoms with Gasteiger partial charge in [-0.1, -0.05) is 42.5 Å². The van der Waals surface area contributed by atoms with E-state index in [1.165, 1.54) is 12.1 Å². The van der Waals surface area contributed by atoms with Crippen LogP contribution in [0.1, 0.15) is 18.1 Å². The highest BCUT2D eigenvalue weighted by molar-refractivity contribution is 5.47. The number of nitro groups is 1. The molecule has 0 aliphatic carbocycles. The highest BCUT2D eigenvalue weighted by Crippen LogP contribution is 2.32. The molecule has 0 spiro atoms. The van der Waals surface area contributed by atoms with Crippen molar-refractivity contribution < 1.29 is 4.92 Å². The summed E-state index contributed by atoms with van der Waals surface area (Å²) >= 11 is 0. The van der Waals surface area contributed by atoms with Gasteiger partial charge < -0.3 is 0 Å². The minimum atomic E-state index is -0.809. The Kier molecular flexibility index (Phi) is 3.30. The zero-order chi connectivity index (χ0) is 13.9. The molecule has 0 bridgehead atoms. The molecule has 0 saturated heterocycles. The number of nitriles is 1. The summed E-state index contributed by atoms with van der Waals surface area (Å²) in [5.41, 5.74) is 0.825. The van der Waals surface area contributed by atoms with Gasteiger partial charge in [-0.25, -0.2) is 0 Å². The fraction of sp³-hybridized carbons (Fsp3) is 0.133. The van der Waals surface area contributed by atoms with Crippen LogP contribution in [0, 0.1) is 21.4 Å². The van der Waals surface area contributed by atoms with Crippen molar-refractivity contribution in [3.05, 3.63) is 75.8 Å². The van der Waals surface area contributed by atoms with Crippen molar-refractivity contribution in [2.24, 2.45) is 0 Å². The van der Waals surface area contributed by atoms with E-state index < -0.39 is 10.3 Å². The lowest BCUT2D eigenvalue weighted by Gasteiger charge is -2.22. The molecular weight excluding hydrogens is 240 g/mol. The molecule has 2 aromatic carbocycles. The van der Waals surface area contributed by atoms with E-state index in [0.717, 1.165) is 11.1 Å². The van der Waals surface area contributed by atoms with E-state index in [1.54, 1.807) is 12.1 Å². The number of rotatable bonds is 3. The largest absolute Gasteiger partial charge is 0.269 e. The van der Waals surface area contributed by atoms with Crippen molar-refractivity contribution >= 4 is 5.69 Å². The second-order valence-corrected chi connectivity index (χ2v) is 4.41. The molecule has 0 aliphatic heterocycles. The molecule has 19 heavy (non-hydrogen) atoms. The van der Waals surface area contributed by atoms with E-state index in [-0.39, 0.29) is 5.69 Å². The maximum Gasteiger partial charge on any atom is 0.269 e. The van der Waals surface area contributed by atoms with Crippen LogP contribution >= 0.6 is 0 Å². The van der Waals surface area contributed by atoms with Gasteiger partial charge in [0.15, 0.2) is 0 Å². The average molecular weight is 252 g/mol. The van der Waals surface area contributed by atoms with Crippen molar-refractivity contribution in [1.82, 2.24) is 0 Å². The van der Waals surface area contributed by atoms with Crippen LogP contribution < -0.4 is 0 Å². The van der Waals surface area contributed by atoms with Gasteiger partial charge in [0, 0.05) is 12.1 Å². The van der Waals surface area contributed by atoms with Gasteiger partial charge >= 0.3 is 0 Å². The molecule has 0 N–H and O–H groups in total. The molecule has 2 rings (SSSR count). The summed E-state index contributed by atoms with van der Waals surface area (Å²) in [6, 6.07) is 17.8. The molecule has 94 valence electrons. The highest BCUT2D eigenvalue weighted by Gasteiger charge is 2.28. The van der Waals surface area contributed by atoms with Crippen LogP contribution in [0.2, 0.25) is 0 Å². The van der Waals surface area contributed by atoms with Crippen LogP contribution in [0.15, 0.2) is 54.6 Å². The van der Waals surface area contributed by atoms with E-state index in [4.69, 9.17) is 0 Å². The first-order valence-electron chi connectivity index (χ1n) is 5.79. The number of hydrogen-bond donors (Lipinski definition) is 0. The first-order chi connectivity index (χ1) is 9.08. The van der Waals surface area contributed by atoms with Gasteiger partial charge in [0.25, 0.3) is 5.69 Å². The summed E-state index contributed by atoms with van der Waals surface area (Å²) in [6.45, 7) is 1.81. The Morgan fingerprint density at radius 3 is 2.05 bits per heavy atom. The zero-order valence-electron chi connectivity index (χ0n) is 10.4. The summed E-state index contributed by atoms with van der Waals surface area (Å²) in [6.07, 6.45) is 0. The first-order valence-corrected chi connectivity index (χ1v) is 5.79. The predicted molar refractivity (Wildman–Crippen MR) is 71.6 cm³/mol. The van der Waals surface area contributed by atoms with E-state index in [1.807, 2.05) is 37.3 Å². The number of non-ortho nitro benzene ring substituents is 1. The Morgan fingerprint density at radius 1 is 1.05 bits per heavy atom. The van der Waals surface area contributed by atoms with Crippen LogP contribution in [-0.4, -0.2) is 4.92 Å². The molecule has 0 aromatic heterocycles. The molecule has 0 radical (unpaired) electrons. The van der Waals surface area contributed by atoms with Gasteiger partial charge in [-0.15, -0.1) is 0 Å². The van der Waals surface area contributed by atoms with Gasteiger partial charge in [-0.2, -0.15) is 5.26 Å². The zero-order valence-corrected chi connectivity index (χ0v) is 10.4. The lowest BCUT2D eigenvalue weighted by Crippen LogP contribution is -2.21. The summed E-state index contributed by atoms with van der Waals surface area (Å²) < 4.78 is 0. The molecule has 4 nitrogen and oxygen atoms in total. The molecular formula is C15H12N2O2. The Hall–Kier alpha value is -2.67. The summed E-state index contributed by atoms with van der Waals surface area (Å²) in [5, 5.41) is 20.1. The molecule has 0 unspecified atom stereocenters. The maximum atomic E-state index is 10.6. The van der Waals surface area contributed by atoms with E-state index in [9.17, 15) is 15.4 Å². The van der Waals surface area contributed by atoms with Crippen molar-refractivity contribution in [2.75, 3.05) is 0 Å². The molecule has 1 atom stereocenters. The molecule has 0 aliphatic rings. The number of nitrogens with zero attached hydrogens (tertiary/aromatic N) is 2. The quantitative estimate of drug-likeness (QED) is 0.620. The molecule has 4 heteroatoms. The molecule has 0 heterocycles. The first kappa shape index (κ1) is 12.8. The SMILES string of the molecule is C[C@@](C#N)(c1ccccc1)c1ccc([N+](=O)[O-])cc1. The number of nitro benzene ring substituents is 1. The molecule has 2 aromatic rings. The fourth-order valence-electron chi connectivity index (χ4n) is 1.98. The lowest BCUT2D eigenvalue weighted by atomic mass is 9.77. The van der Waals surface area contributed by atoms with Crippen molar-refractivity contribution in [3.63, 3.8) is 0 Å². The molecule has 0 saturated carbocycles. The van der Waals surface area contributed by atoms with Crippen LogP contribution in [-0.2, 0) is 5.41 Å². The Bertz CT molecular complexity index is 629. The monoisotopic (exact) mass is 252 g/mol. The van der Waals surface area contributed by atoms with Crippen LogP contribution in [0.3, 0.4) is 0 Å². The number of benzene rings is 2. The molecule has 0 fully saturated rings. The van der Waals surface area contributed by atoms with Gasteiger partial charge in [0.05, 0.1) is 11.0 Å². The lowest BCUT2D eigenvalue weighted by molar-refractivity contribution is -0.384. The van der Waals surface area contributed by atoms with Gasteiger partial charge in [-0.3, -0.25) is 10.1 Å². The summed E-state index contributed by atoms with van der Waals surface area (Å²) in [7, 11) is 0. The minimum absolute atomic E-state index is 0.0251. The number of hydrogen-bond acceptors (Lipinski definition) is 3. The average Bonchev–Trinajstić information content (AvgIpc) is 2.47. The van der Waals surface area contributed by atoms with Crippen LogP contribution in [0.4, 0.5) is 5.69 Å². The third-order valence-corrected chi connectivity index (χ3v) is 3.23. The fourth-order valence-corrected chi connectivity index (χ4v) is 1.98. The molecule has 0 amide bonds. The Morgan fingerprint density at radius 2 is 1.58 bits per heavy atom. The van der Waals surface area contributed by atoms with Crippen molar-refractivity contribution in [3.8, 4) is 6.07 Å². The predicted octanol–water partition coefficient (Wildman–Crippen LogP) is 3.42. The highest BCUT2D eigenvalue weighted by atomic mass is 16.6. The Labute approximate surface area is 111 Å². The minimum Gasteiger partial charge on any atom is -0.258 e. The maximum absolute atomic E-state index is 10.6. The Balaban J connectivity index is 2.48. The second kappa shape index (κ2) is 4.91. The summed E-state index contributed by atoms with van der Waals surface area (Å²) in [4.78, 5) is 10.2. The topological polar surface area (TPSA) is 66.9 Å². The third kappa shape index (κ3) is 2.31. The van der Waals surface area contributed by atoms with E-state index in [0.29, 0.717) is 0 Å².